The Morgan fingerprint density at radius 1 is 1.18 bits per heavy atom. The zero-order chi connectivity index (χ0) is 23.4. The predicted molar refractivity (Wildman–Crippen MR) is 137 cm³/mol. The topological polar surface area (TPSA) is 49.4 Å². The molecular weight excluding hydrogens is 428 g/mol. The van der Waals surface area contributed by atoms with Crippen molar-refractivity contribution in [3.05, 3.63) is 70.8 Å². The minimum absolute atomic E-state index is 0.0113. The summed E-state index contributed by atoms with van der Waals surface area (Å²) in [7, 11) is 0. The Balaban J connectivity index is 1.49. The number of hydrogen-bond donors (Lipinski definition) is 1. The summed E-state index contributed by atoms with van der Waals surface area (Å²) >= 11 is 1.52. The van der Waals surface area contributed by atoms with Gasteiger partial charge < -0.3 is 10.2 Å². The maximum Gasteiger partial charge on any atom is 0.241 e. The number of amides is 2. The minimum Gasteiger partial charge on any atom is -0.356 e. The summed E-state index contributed by atoms with van der Waals surface area (Å²) in [6.45, 7) is 7.20. The highest BCUT2D eigenvalue weighted by Gasteiger charge is 2.39. The summed E-state index contributed by atoms with van der Waals surface area (Å²) in [6, 6.07) is 14.4. The first-order chi connectivity index (χ1) is 15.9. The molecule has 0 saturated carbocycles. The Hall–Kier alpha value is -2.53. The molecule has 4 rings (SSSR count). The van der Waals surface area contributed by atoms with Crippen LogP contribution in [0.25, 0.3) is 0 Å². The van der Waals surface area contributed by atoms with Crippen molar-refractivity contribution in [1.29, 1.82) is 0 Å². The molecule has 0 aromatic heterocycles. The Morgan fingerprint density at radius 3 is 2.79 bits per heavy atom. The molecule has 2 aliphatic rings. The fourth-order valence-electron chi connectivity index (χ4n) is 4.64. The number of nitrogens with one attached hydrogen (secondary N) is 1. The van der Waals surface area contributed by atoms with E-state index in [-0.39, 0.29) is 11.8 Å². The summed E-state index contributed by atoms with van der Waals surface area (Å²) in [5.41, 5.74) is 5.87. The maximum atomic E-state index is 13.7. The average molecular weight is 463 g/mol. The van der Waals surface area contributed by atoms with Crippen LogP contribution in [0.1, 0.15) is 55.7 Å². The molecule has 0 fully saturated rings. The van der Waals surface area contributed by atoms with Gasteiger partial charge in [-0.2, -0.15) is 0 Å². The molecule has 0 unspecified atom stereocenters. The fraction of sp³-hybridized carbons (Fsp3) is 0.429. The number of carbonyl (C=O) groups is 2. The first-order valence-corrected chi connectivity index (χ1v) is 12.9. The summed E-state index contributed by atoms with van der Waals surface area (Å²) in [5.74, 6) is -0.433. The van der Waals surface area contributed by atoms with Gasteiger partial charge in [0.15, 0.2) is 0 Å². The number of allylic oxidation sites excluding steroid dienone is 1. The number of anilines is 1. The van der Waals surface area contributed by atoms with Crippen LogP contribution in [-0.4, -0.2) is 23.6 Å². The van der Waals surface area contributed by atoms with Gasteiger partial charge in [0.1, 0.15) is 5.25 Å². The molecule has 5 heteroatoms. The van der Waals surface area contributed by atoms with Gasteiger partial charge in [-0.1, -0.05) is 54.5 Å². The van der Waals surface area contributed by atoms with Crippen LogP contribution in [0.3, 0.4) is 0 Å². The van der Waals surface area contributed by atoms with E-state index in [1.807, 2.05) is 30.0 Å². The van der Waals surface area contributed by atoms with Crippen molar-refractivity contribution < 1.29 is 9.59 Å². The van der Waals surface area contributed by atoms with Crippen LogP contribution >= 0.6 is 11.8 Å². The number of fused-ring (bicyclic) bond motifs is 1. The fourth-order valence-corrected chi connectivity index (χ4v) is 5.92. The van der Waals surface area contributed by atoms with Crippen molar-refractivity contribution >= 4 is 29.3 Å². The number of aryl methyl sites for hydroxylation is 2. The van der Waals surface area contributed by atoms with Crippen LogP contribution in [0.4, 0.5) is 5.69 Å². The molecule has 2 aromatic rings. The molecule has 33 heavy (non-hydrogen) atoms. The van der Waals surface area contributed by atoms with Gasteiger partial charge in [0.05, 0.1) is 18.2 Å². The van der Waals surface area contributed by atoms with Crippen molar-refractivity contribution in [2.24, 2.45) is 5.92 Å². The van der Waals surface area contributed by atoms with Gasteiger partial charge in [-0.25, -0.2) is 0 Å². The van der Waals surface area contributed by atoms with Crippen LogP contribution in [0, 0.1) is 19.8 Å². The second-order valence-corrected chi connectivity index (χ2v) is 10.5. The van der Waals surface area contributed by atoms with E-state index in [2.05, 4.69) is 49.5 Å². The number of thioether (sulfide) groups is 1. The number of rotatable bonds is 7. The number of nitrogens with zero attached hydrogens (tertiary/aromatic N) is 1. The second-order valence-electron chi connectivity index (χ2n) is 9.30. The van der Waals surface area contributed by atoms with Crippen molar-refractivity contribution in [3.8, 4) is 0 Å². The molecule has 0 saturated heterocycles. The van der Waals surface area contributed by atoms with Gasteiger partial charge >= 0.3 is 0 Å². The van der Waals surface area contributed by atoms with Gasteiger partial charge in [0.25, 0.3) is 0 Å². The lowest BCUT2D eigenvalue weighted by atomic mass is 9.97. The summed E-state index contributed by atoms with van der Waals surface area (Å²) in [5, 5.41) is 2.66. The highest BCUT2D eigenvalue weighted by molar-refractivity contribution is 8.01. The lowest BCUT2D eigenvalue weighted by Crippen LogP contribution is -2.47. The van der Waals surface area contributed by atoms with Gasteiger partial charge in [-0.15, -0.1) is 11.8 Å². The van der Waals surface area contributed by atoms with Gasteiger partial charge in [-0.05, 0) is 69.2 Å². The molecule has 0 radical (unpaired) electrons. The molecule has 1 heterocycles. The Labute approximate surface area is 201 Å². The van der Waals surface area contributed by atoms with E-state index in [1.54, 1.807) is 0 Å². The Kier molecular flexibility index (Phi) is 7.59. The van der Waals surface area contributed by atoms with Crippen molar-refractivity contribution in [1.82, 2.24) is 5.32 Å². The highest BCUT2D eigenvalue weighted by atomic mass is 32.2. The summed E-state index contributed by atoms with van der Waals surface area (Å²) in [6.07, 6.45) is 8.05. The maximum absolute atomic E-state index is 13.7. The molecule has 1 aliphatic carbocycles. The molecule has 4 nitrogen and oxygen atoms in total. The molecule has 2 amide bonds. The molecule has 2 atom stereocenters. The summed E-state index contributed by atoms with van der Waals surface area (Å²) in [4.78, 5) is 29.6. The van der Waals surface area contributed by atoms with Gasteiger partial charge in [-0.3, -0.25) is 9.59 Å². The normalized spacial score (nSPS) is 19.0. The van der Waals surface area contributed by atoms with E-state index in [1.165, 1.54) is 41.3 Å². The first-order valence-electron chi connectivity index (χ1n) is 12.0. The number of benzene rings is 2. The molecule has 0 bridgehead atoms. The van der Waals surface area contributed by atoms with Crippen LogP contribution < -0.4 is 10.2 Å². The van der Waals surface area contributed by atoms with E-state index in [0.29, 0.717) is 13.1 Å². The highest BCUT2D eigenvalue weighted by Crippen LogP contribution is 2.42. The minimum atomic E-state index is -0.432. The molecular formula is C28H34N2O2S. The van der Waals surface area contributed by atoms with E-state index in [9.17, 15) is 9.59 Å². The second kappa shape index (κ2) is 10.6. The molecule has 0 spiro atoms. The van der Waals surface area contributed by atoms with Crippen LogP contribution in [0.2, 0.25) is 0 Å². The van der Waals surface area contributed by atoms with E-state index < -0.39 is 11.2 Å². The third-order valence-corrected chi connectivity index (χ3v) is 8.21. The van der Waals surface area contributed by atoms with E-state index in [4.69, 9.17) is 0 Å². The SMILES string of the molecule is Cc1ccc(C)c(CN2C(=O)[C@@H]([C@@H](C)C(=O)NCCC3=CCCCC3)Sc3ccccc32)c1. The van der Waals surface area contributed by atoms with Gasteiger partial charge in [0, 0.05) is 11.4 Å². The average Bonchev–Trinajstić information content (AvgIpc) is 2.83. The molecule has 174 valence electrons. The molecule has 1 N–H and O–H groups in total. The van der Waals surface area contributed by atoms with E-state index >= 15 is 0 Å². The third kappa shape index (κ3) is 5.52. The number of para-hydroxylation sites is 1. The predicted octanol–water partition coefficient (Wildman–Crippen LogP) is 5.95. The number of hydrogen-bond acceptors (Lipinski definition) is 3. The van der Waals surface area contributed by atoms with Gasteiger partial charge in [0.2, 0.25) is 11.8 Å². The van der Waals surface area contributed by atoms with Crippen LogP contribution in [0.5, 0.6) is 0 Å². The molecule has 1 aliphatic heterocycles. The smallest absolute Gasteiger partial charge is 0.241 e. The largest absolute Gasteiger partial charge is 0.356 e. The molecule has 2 aromatic carbocycles. The van der Waals surface area contributed by atoms with Crippen molar-refractivity contribution in [2.75, 3.05) is 11.4 Å². The summed E-state index contributed by atoms with van der Waals surface area (Å²) < 4.78 is 0. The van der Waals surface area contributed by atoms with Crippen LogP contribution in [-0.2, 0) is 16.1 Å². The van der Waals surface area contributed by atoms with Crippen LogP contribution in [0.15, 0.2) is 59.0 Å². The first kappa shape index (κ1) is 23.6. The standard InChI is InChI=1S/C28H34N2O2S/c1-19-13-14-20(2)23(17-19)18-30-24-11-7-8-12-25(24)33-26(28(30)32)21(3)27(31)29-16-15-22-9-5-4-6-10-22/h7-9,11-14,17,21,26H,4-6,10,15-16,18H2,1-3H3,(H,29,31)/t21-,26-/m1/s1. The Morgan fingerprint density at radius 2 is 2.00 bits per heavy atom. The monoisotopic (exact) mass is 462 g/mol. The number of carbonyl (C=O) groups excluding carboxylic acids is 2. The van der Waals surface area contributed by atoms with E-state index in [0.717, 1.165) is 35.4 Å². The zero-order valence-electron chi connectivity index (χ0n) is 19.9. The lowest BCUT2D eigenvalue weighted by Gasteiger charge is -2.36. The third-order valence-electron chi connectivity index (χ3n) is 6.75. The van der Waals surface area contributed by atoms with Crippen molar-refractivity contribution in [2.45, 2.75) is 69.6 Å². The quantitative estimate of drug-likeness (QED) is 0.517. The van der Waals surface area contributed by atoms with Crippen molar-refractivity contribution in [3.63, 3.8) is 0 Å². The Bertz CT molecular complexity index is 1060. The lowest BCUT2D eigenvalue weighted by molar-refractivity contribution is -0.128. The zero-order valence-corrected chi connectivity index (χ0v) is 20.7.